The lowest BCUT2D eigenvalue weighted by Gasteiger charge is -2.35. The number of rotatable bonds is 5. The van der Waals surface area contributed by atoms with E-state index in [1.54, 1.807) is 12.0 Å². The van der Waals surface area contributed by atoms with Gasteiger partial charge in [0.05, 0.1) is 13.3 Å². The molecular formula is C27H27N5O3. The first kappa shape index (κ1) is 22.6. The molecule has 5 rings (SSSR count). The van der Waals surface area contributed by atoms with Crippen molar-refractivity contribution in [1.82, 2.24) is 19.9 Å². The SMILES string of the molecule is COc1ccc(N2CCN(C(=O)n3ncc(C(O)(c4ccccc4)c4ccccc4)n3)CC2)cc1. The summed E-state index contributed by atoms with van der Waals surface area (Å²) in [5.74, 6) is 0.814. The standard InChI is InChI=1S/C27H27N5O3/c1-35-24-14-12-23(13-15-24)30-16-18-31(19-17-30)26(33)32-28-20-25(29-32)27(34,21-8-4-2-5-9-21)22-10-6-3-7-11-22/h2-15,20,34H,16-19H2,1H3. The molecule has 1 saturated heterocycles. The number of ether oxygens (including phenoxy) is 1. The Morgan fingerprint density at radius 1 is 0.857 bits per heavy atom. The third-order valence-electron chi connectivity index (χ3n) is 6.40. The maximum Gasteiger partial charge on any atom is 0.362 e. The van der Waals surface area contributed by atoms with Crippen LogP contribution < -0.4 is 9.64 Å². The molecule has 8 heteroatoms. The highest BCUT2D eigenvalue weighted by Crippen LogP contribution is 2.35. The van der Waals surface area contributed by atoms with Gasteiger partial charge in [0.15, 0.2) is 5.60 Å². The third-order valence-corrected chi connectivity index (χ3v) is 6.40. The number of piperazine rings is 1. The predicted molar refractivity (Wildman–Crippen MR) is 133 cm³/mol. The number of nitrogens with zero attached hydrogens (tertiary/aromatic N) is 5. The number of benzene rings is 3. The summed E-state index contributed by atoms with van der Waals surface area (Å²) in [5.41, 5.74) is 1.15. The maximum atomic E-state index is 13.2. The molecule has 0 aliphatic carbocycles. The molecule has 3 aromatic carbocycles. The van der Waals surface area contributed by atoms with Gasteiger partial charge < -0.3 is 19.6 Å². The van der Waals surface area contributed by atoms with Gasteiger partial charge in [-0.15, -0.1) is 5.10 Å². The largest absolute Gasteiger partial charge is 0.497 e. The van der Waals surface area contributed by atoms with Gasteiger partial charge in [0.25, 0.3) is 0 Å². The van der Waals surface area contributed by atoms with Crippen molar-refractivity contribution in [2.45, 2.75) is 5.60 Å². The van der Waals surface area contributed by atoms with E-state index in [0.717, 1.165) is 16.2 Å². The first-order chi connectivity index (χ1) is 17.1. The molecule has 0 bridgehead atoms. The molecule has 2 heterocycles. The van der Waals surface area contributed by atoms with E-state index in [2.05, 4.69) is 15.1 Å². The molecule has 0 unspecified atom stereocenters. The van der Waals surface area contributed by atoms with Crippen molar-refractivity contribution in [3.63, 3.8) is 0 Å². The summed E-state index contributed by atoms with van der Waals surface area (Å²) in [5, 5.41) is 20.5. The monoisotopic (exact) mass is 469 g/mol. The summed E-state index contributed by atoms with van der Waals surface area (Å²) >= 11 is 0. The number of methoxy groups -OCH3 is 1. The minimum absolute atomic E-state index is 0.292. The number of aliphatic hydroxyl groups is 1. The zero-order chi connectivity index (χ0) is 24.3. The van der Waals surface area contributed by atoms with Crippen LogP contribution in [-0.4, -0.2) is 64.3 Å². The molecule has 1 N–H and O–H groups in total. The minimum atomic E-state index is -1.53. The number of amides is 1. The molecule has 0 saturated carbocycles. The van der Waals surface area contributed by atoms with Crippen LogP contribution in [0, 0.1) is 0 Å². The average Bonchev–Trinajstić information content (AvgIpc) is 3.44. The second-order valence-corrected chi connectivity index (χ2v) is 8.42. The molecule has 4 aromatic rings. The summed E-state index contributed by atoms with van der Waals surface area (Å²) in [6.07, 6.45) is 1.46. The molecule has 1 aliphatic rings. The van der Waals surface area contributed by atoms with Gasteiger partial charge in [-0.05, 0) is 35.4 Å². The van der Waals surface area contributed by atoms with Crippen molar-refractivity contribution in [2.75, 3.05) is 38.2 Å². The Hall–Kier alpha value is -4.17. The van der Waals surface area contributed by atoms with Crippen LogP contribution >= 0.6 is 0 Å². The molecule has 178 valence electrons. The van der Waals surface area contributed by atoms with Gasteiger partial charge in [0.2, 0.25) is 0 Å². The Labute approximate surface area is 204 Å². The van der Waals surface area contributed by atoms with E-state index < -0.39 is 5.60 Å². The van der Waals surface area contributed by atoms with Crippen LogP contribution in [0.5, 0.6) is 5.75 Å². The quantitative estimate of drug-likeness (QED) is 0.483. The summed E-state index contributed by atoms with van der Waals surface area (Å²) in [4.78, 5) is 18.2. The lowest BCUT2D eigenvalue weighted by atomic mass is 9.84. The second kappa shape index (κ2) is 9.60. The summed E-state index contributed by atoms with van der Waals surface area (Å²) in [6, 6.07) is 26.2. The molecular weight excluding hydrogens is 442 g/mol. The van der Waals surface area contributed by atoms with E-state index in [4.69, 9.17) is 4.74 Å². The smallest absolute Gasteiger partial charge is 0.362 e. The van der Waals surface area contributed by atoms with Crippen LogP contribution in [0.4, 0.5) is 10.5 Å². The number of anilines is 1. The number of carbonyl (C=O) groups is 1. The fourth-order valence-corrected chi connectivity index (χ4v) is 4.42. The lowest BCUT2D eigenvalue weighted by molar-refractivity contribution is 0.120. The van der Waals surface area contributed by atoms with Crippen LogP contribution in [0.1, 0.15) is 16.8 Å². The van der Waals surface area contributed by atoms with Gasteiger partial charge in [-0.2, -0.15) is 5.10 Å². The molecule has 0 radical (unpaired) electrons. The fourth-order valence-electron chi connectivity index (χ4n) is 4.42. The summed E-state index contributed by atoms with van der Waals surface area (Å²) in [6.45, 7) is 2.49. The highest BCUT2D eigenvalue weighted by Gasteiger charge is 2.37. The summed E-state index contributed by atoms with van der Waals surface area (Å²) < 4.78 is 5.23. The van der Waals surface area contributed by atoms with Crippen LogP contribution in [0.3, 0.4) is 0 Å². The Bertz CT molecular complexity index is 1230. The fraction of sp³-hybridized carbons (Fsp3) is 0.222. The van der Waals surface area contributed by atoms with Gasteiger partial charge in [0, 0.05) is 31.9 Å². The second-order valence-electron chi connectivity index (χ2n) is 8.42. The molecule has 1 aliphatic heterocycles. The van der Waals surface area contributed by atoms with Crippen LogP contribution in [0.2, 0.25) is 0 Å². The minimum Gasteiger partial charge on any atom is -0.497 e. The molecule has 1 amide bonds. The number of carbonyl (C=O) groups excluding carboxylic acids is 1. The zero-order valence-electron chi connectivity index (χ0n) is 19.5. The Kier molecular flexibility index (Phi) is 6.20. The van der Waals surface area contributed by atoms with Crippen molar-refractivity contribution in [2.24, 2.45) is 0 Å². The first-order valence-corrected chi connectivity index (χ1v) is 11.5. The van der Waals surface area contributed by atoms with Crippen LogP contribution in [-0.2, 0) is 5.60 Å². The first-order valence-electron chi connectivity index (χ1n) is 11.5. The predicted octanol–water partition coefficient (Wildman–Crippen LogP) is 3.36. The molecule has 0 atom stereocenters. The van der Waals surface area contributed by atoms with Crippen LogP contribution in [0.25, 0.3) is 0 Å². The van der Waals surface area contributed by atoms with Crippen molar-refractivity contribution in [3.8, 4) is 5.75 Å². The topological polar surface area (TPSA) is 83.7 Å². The summed E-state index contributed by atoms with van der Waals surface area (Å²) in [7, 11) is 1.65. The van der Waals surface area contributed by atoms with E-state index in [-0.39, 0.29) is 6.03 Å². The lowest BCUT2D eigenvalue weighted by Crippen LogP contribution is -2.50. The third kappa shape index (κ3) is 4.36. The number of hydrogen-bond donors (Lipinski definition) is 1. The number of aromatic nitrogens is 3. The molecule has 0 spiro atoms. The van der Waals surface area contributed by atoms with Gasteiger partial charge in [-0.25, -0.2) is 4.79 Å². The Balaban J connectivity index is 1.34. The Morgan fingerprint density at radius 3 is 1.97 bits per heavy atom. The van der Waals surface area contributed by atoms with E-state index in [9.17, 15) is 9.90 Å². The Morgan fingerprint density at radius 2 is 1.43 bits per heavy atom. The van der Waals surface area contributed by atoms with Crippen molar-refractivity contribution in [3.05, 3.63) is 108 Å². The molecule has 1 fully saturated rings. The van der Waals surface area contributed by atoms with Crippen molar-refractivity contribution < 1.29 is 14.6 Å². The van der Waals surface area contributed by atoms with E-state index >= 15 is 0 Å². The van der Waals surface area contributed by atoms with Gasteiger partial charge in [-0.1, -0.05) is 65.5 Å². The molecule has 8 nitrogen and oxygen atoms in total. The van der Waals surface area contributed by atoms with Gasteiger partial charge in [0.1, 0.15) is 11.4 Å². The normalized spacial score (nSPS) is 14.1. The van der Waals surface area contributed by atoms with Crippen molar-refractivity contribution in [1.29, 1.82) is 0 Å². The number of hydrogen-bond acceptors (Lipinski definition) is 6. The maximum absolute atomic E-state index is 13.2. The highest BCUT2D eigenvalue weighted by atomic mass is 16.5. The average molecular weight is 470 g/mol. The van der Waals surface area contributed by atoms with Crippen molar-refractivity contribution >= 4 is 11.7 Å². The van der Waals surface area contributed by atoms with Crippen LogP contribution in [0.15, 0.2) is 91.1 Å². The van der Waals surface area contributed by atoms with E-state index in [0.29, 0.717) is 43.0 Å². The molecule has 1 aromatic heterocycles. The van der Waals surface area contributed by atoms with Gasteiger partial charge in [-0.3, -0.25) is 0 Å². The zero-order valence-corrected chi connectivity index (χ0v) is 19.5. The van der Waals surface area contributed by atoms with Gasteiger partial charge >= 0.3 is 6.03 Å². The molecule has 35 heavy (non-hydrogen) atoms. The highest BCUT2D eigenvalue weighted by molar-refractivity contribution is 5.75. The van der Waals surface area contributed by atoms with E-state index in [1.165, 1.54) is 6.20 Å². The van der Waals surface area contributed by atoms with E-state index in [1.807, 2.05) is 84.9 Å².